The third kappa shape index (κ3) is 2.99. The number of nitrogens with two attached hydrogens (primary N) is 1. The lowest BCUT2D eigenvalue weighted by Crippen LogP contribution is -2.46. The van der Waals surface area contributed by atoms with Crippen LogP contribution in [0.15, 0.2) is 0 Å². The highest BCUT2D eigenvalue weighted by Gasteiger charge is 2.29. The molecule has 1 atom stereocenters. The van der Waals surface area contributed by atoms with Gasteiger partial charge in [0.15, 0.2) is 0 Å². The molecule has 2 N–H and O–H groups in total. The van der Waals surface area contributed by atoms with Crippen molar-refractivity contribution in [1.82, 2.24) is 4.90 Å². The largest absolute Gasteiger partial charge is 0.339 e. The number of hydrogen-bond donors (Lipinski definition) is 1. The minimum Gasteiger partial charge on any atom is -0.339 e. The number of amides is 1. The first-order chi connectivity index (χ1) is 6.02. The molecule has 0 unspecified atom stereocenters. The molecule has 0 spiro atoms. The van der Waals surface area contributed by atoms with Crippen molar-refractivity contribution >= 4 is 5.91 Å². The zero-order chi connectivity index (χ0) is 10.0. The molecular formula is C10H20N2O. The molecule has 0 saturated heterocycles. The predicted molar refractivity (Wildman–Crippen MR) is 53.2 cm³/mol. The van der Waals surface area contributed by atoms with Crippen LogP contribution in [0.1, 0.15) is 33.6 Å². The summed E-state index contributed by atoms with van der Waals surface area (Å²) in [5, 5.41) is 0. The highest BCUT2D eigenvalue weighted by Crippen LogP contribution is 2.30. The quantitative estimate of drug-likeness (QED) is 0.708. The summed E-state index contributed by atoms with van der Waals surface area (Å²) in [4.78, 5) is 13.6. The lowest BCUT2D eigenvalue weighted by molar-refractivity contribution is -0.134. The van der Waals surface area contributed by atoms with E-state index >= 15 is 0 Å². The van der Waals surface area contributed by atoms with Crippen LogP contribution in [0.2, 0.25) is 0 Å². The summed E-state index contributed by atoms with van der Waals surface area (Å²) in [5.41, 5.74) is 5.58. The Kier molecular flexibility index (Phi) is 3.31. The third-order valence-corrected chi connectivity index (χ3v) is 2.45. The molecule has 1 rings (SSSR count). The lowest BCUT2D eigenvalue weighted by atomic mass is 10.2. The molecule has 3 nitrogen and oxygen atoms in total. The molecule has 1 aliphatic carbocycles. The van der Waals surface area contributed by atoms with Gasteiger partial charge in [0.1, 0.15) is 0 Å². The Morgan fingerprint density at radius 2 is 2.00 bits per heavy atom. The third-order valence-electron chi connectivity index (χ3n) is 2.45. The zero-order valence-corrected chi connectivity index (χ0v) is 8.79. The van der Waals surface area contributed by atoms with Gasteiger partial charge in [0, 0.05) is 12.6 Å². The zero-order valence-electron chi connectivity index (χ0n) is 8.79. The summed E-state index contributed by atoms with van der Waals surface area (Å²) in [7, 11) is 0. The molecule has 1 amide bonds. The molecule has 0 bridgehead atoms. The first kappa shape index (κ1) is 10.5. The maximum atomic E-state index is 11.6. The minimum absolute atomic E-state index is 0.0851. The van der Waals surface area contributed by atoms with Crippen molar-refractivity contribution in [2.45, 2.75) is 45.7 Å². The summed E-state index contributed by atoms with van der Waals surface area (Å²) in [5.74, 6) is 0.826. The average Bonchev–Trinajstić information content (AvgIpc) is 2.81. The number of nitrogens with zero attached hydrogens (tertiary/aromatic N) is 1. The summed E-state index contributed by atoms with van der Waals surface area (Å²) in [6, 6.07) is -0.0831. The SMILES string of the molecule is CC(C)N(CC1CC1)C(=O)[C@@H](C)N. The monoisotopic (exact) mass is 184 g/mol. The predicted octanol–water partition coefficient (Wildman–Crippen LogP) is 0.981. The van der Waals surface area contributed by atoms with Crippen LogP contribution in [0, 0.1) is 5.92 Å². The molecule has 0 aromatic heterocycles. The van der Waals surface area contributed by atoms with Crippen LogP contribution in [-0.4, -0.2) is 29.4 Å². The summed E-state index contributed by atoms with van der Waals surface area (Å²) < 4.78 is 0. The first-order valence-electron chi connectivity index (χ1n) is 5.08. The van der Waals surface area contributed by atoms with Gasteiger partial charge in [-0.05, 0) is 39.5 Å². The summed E-state index contributed by atoms with van der Waals surface area (Å²) in [6.45, 7) is 6.74. The van der Waals surface area contributed by atoms with Gasteiger partial charge in [0.25, 0.3) is 0 Å². The fourth-order valence-corrected chi connectivity index (χ4v) is 1.40. The van der Waals surface area contributed by atoms with Crippen molar-refractivity contribution in [1.29, 1.82) is 0 Å². The number of carbonyl (C=O) groups excluding carboxylic acids is 1. The fourth-order valence-electron chi connectivity index (χ4n) is 1.40. The highest BCUT2D eigenvalue weighted by molar-refractivity contribution is 5.81. The van der Waals surface area contributed by atoms with Gasteiger partial charge in [-0.1, -0.05) is 0 Å². The van der Waals surface area contributed by atoms with E-state index in [9.17, 15) is 4.79 Å². The molecule has 13 heavy (non-hydrogen) atoms. The van der Waals surface area contributed by atoms with Gasteiger partial charge < -0.3 is 10.6 Å². The average molecular weight is 184 g/mol. The second kappa shape index (κ2) is 4.09. The van der Waals surface area contributed by atoms with Crippen LogP contribution < -0.4 is 5.73 Å². The molecule has 0 radical (unpaired) electrons. The first-order valence-corrected chi connectivity index (χ1v) is 5.08. The van der Waals surface area contributed by atoms with Gasteiger partial charge in [-0.25, -0.2) is 0 Å². The van der Waals surface area contributed by atoms with Crippen LogP contribution in [0.3, 0.4) is 0 Å². The minimum atomic E-state index is -0.360. The summed E-state index contributed by atoms with van der Waals surface area (Å²) in [6.07, 6.45) is 2.55. The molecule has 0 aliphatic heterocycles. The van der Waals surface area contributed by atoms with Crippen LogP contribution in [-0.2, 0) is 4.79 Å². The van der Waals surface area contributed by atoms with E-state index in [4.69, 9.17) is 5.73 Å². The smallest absolute Gasteiger partial charge is 0.239 e. The standard InChI is InChI=1S/C10H20N2O/c1-7(2)12(6-9-4-5-9)10(13)8(3)11/h7-9H,4-6,11H2,1-3H3/t8-/m1/s1. The Bertz CT molecular complexity index is 185. The Balaban J connectivity index is 2.49. The van der Waals surface area contributed by atoms with E-state index in [1.54, 1.807) is 6.92 Å². The van der Waals surface area contributed by atoms with Crippen molar-refractivity contribution in [2.24, 2.45) is 11.7 Å². The van der Waals surface area contributed by atoms with Crippen LogP contribution >= 0.6 is 0 Å². The van der Waals surface area contributed by atoms with Gasteiger partial charge in [-0.15, -0.1) is 0 Å². The Hall–Kier alpha value is -0.570. The maximum absolute atomic E-state index is 11.6. The van der Waals surface area contributed by atoms with E-state index in [0.29, 0.717) is 0 Å². The second-order valence-corrected chi connectivity index (χ2v) is 4.32. The van der Waals surface area contributed by atoms with E-state index in [1.807, 2.05) is 18.7 Å². The number of rotatable bonds is 4. The van der Waals surface area contributed by atoms with Crippen molar-refractivity contribution in [2.75, 3.05) is 6.54 Å². The lowest BCUT2D eigenvalue weighted by Gasteiger charge is -2.28. The van der Waals surface area contributed by atoms with Crippen molar-refractivity contribution in [3.8, 4) is 0 Å². The normalized spacial score (nSPS) is 18.8. The molecule has 1 fully saturated rings. The van der Waals surface area contributed by atoms with Gasteiger partial charge in [-0.3, -0.25) is 4.79 Å². The van der Waals surface area contributed by atoms with Crippen molar-refractivity contribution in [3.05, 3.63) is 0 Å². The van der Waals surface area contributed by atoms with E-state index in [0.717, 1.165) is 12.5 Å². The topological polar surface area (TPSA) is 46.3 Å². The van der Waals surface area contributed by atoms with Crippen LogP contribution in [0.5, 0.6) is 0 Å². The molecule has 0 aromatic carbocycles. The molecule has 76 valence electrons. The molecule has 1 aliphatic rings. The van der Waals surface area contributed by atoms with Crippen molar-refractivity contribution in [3.63, 3.8) is 0 Å². The van der Waals surface area contributed by atoms with Gasteiger partial charge in [-0.2, -0.15) is 0 Å². The van der Waals surface area contributed by atoms with Crippen LogP contribution in [0.25, 0.3) is 0 Å². The Morgan fingerprint density at radius 3 is 2.31 bits per heavy atom. The second-order valence-electron chi connectivity index (χ2n) is 4.32. The Morgan fingerprint density at radius 1 is 1.46 bits per heavy atom. The number of hydrogen-bond acceptors (Lipinski definition) is 2. The van der Waals surface area contributed by atoms with Crippen molar-refractivity contribution < 1.29 is 4.79 Å². The molecule has 3 heteroatoms. The molecule has 0 aromatic rings. The van der Waals surface area contributed by atoms with E-state index < -0.39 is 0 Å². The van der Waals surface area contributed by atoms with E-state index in [2.05, 4.69) is 0 Å². The van der Waals surface area contributed by atoms with E-state index in [-0.39, 0.29) is 18.0 Å². The maximum Gasteiger partial charge on any atom is 0.239 e. The Labute approximate surface area is 80.3 Å². The van der Waals surface area contributed by atoms with Crippen LogP contribution in [0.4, 0.5) is 0 Å². The summed E-state index contributed by atoms with van der Waals surface area (Å²) >= 11 is 0. The van der Waals surface area contributed by atoms with Gasteiger partial charge >= 0.3 is 0 Å². The number of carbonyl (C=O) groups is 1. The van der Waals surface area contributed by atoms with Gasteiger partial charge in [0.2, 0.25) is 5.91 Å². The van der Waals surface area contributed by atoms with E-state index in [1.165, 1.54) is 12.8 Å². The fraction of sp³-hybridized carbons (Fsp3) is 0.900. The highest BCUT2D eigenvalue weighted by atomic mass is 16.2. The molecular weight excluding hydrogens is 164 g/mol. The van der Waals surface area contributed by atoms with Gasteiger partial charge in [0.05, 0.1) is 6.04 Å². The molecule has 1 saturated carbocycles. The molecule has 0 heterocycles.